The molecule has 0 atom stereocenters. The number of H-pyrrole nitrogens is 1. The molecule has 1 aromatic rings. The summed E-state index contributed by atoms with van der Waals surface area (Å²) in [6, 6.07) is -0.456. The van der Waals surface area contributed by atoms with Gasteiger partial charge < -0.3 is 14.6 Å². The second kappa shape index (κ2) is 7.41. The van der Waals surface area contributed by atoms with E-state index in [2.05, 4.69) is 4.98 Å². The van der Waals surface area contributed by atoms with E-state index in [0.29, 0.717) is 24.2 Å². The van der Waals surface area contributed by atoms with Gasteiger partial charge in [0.25, 0.3) is 5.91 Å². The number of ketones is 1. The minimum absolute atomic E-state index is 0.171. The van der Waals surface area contributed by atoms with Crippen molar-refractivity contribution >= 4 is 23.7 Å². The van der Waals surface area contributed by atoms with Gasteiger partial charge in [-0.05, 0) is 33.6 Å². The van der Waals surface area contributed by atoms with Crippen LogP contribution in [0.15, 0.2) is 0 Å². The number of carbonyl (C=O) groups is 4. The van der Waals surface area contributed by atoms with E-state index < -0.39 is 23.3 Å². The molecular formula is C20H27N3O5. The summed E-state index contributed by atoms with van der Waals surface area (Å²) in [5.41, 5.74) is 0.570. The van der Waals surface area contributed by atoms with E-state index in [1.807, 2.05) is 0 Å². The van der Waals surface area contributed by atoms with E-state index in [0.717, 1.165) is 24.2 Å². The number of aromatic nitrogens is 1. The number of carbonyl (C=O) groups excluding carboxylic acids is 4. The topological polar surface area (TPSA) is 99.8 Å². The molecule has 1 aromatic heterocycles. The Hall–Kier alpha value is -2.64. The second-order valence-corrected chi connectivity index (χ2v) is 7.59. The van der Waals surface area contributed by atoms with Crippen LogP contribution in [0.2, 0.25) is 0 Å². The molecule has 1 spiro atoms. The highest BCUT2D eigenvalue weighted by molar-refractivity contribution is 6.14. The number of Topliss-reactive ketones (excluding diaryl/α,β-unsaturated/α-hetero) is 1. The number of hydrogen-bond donors (Lipinski definition) is 1. The lowest BCUT2D eigenvalue weighted by atomic mass is 9.80. The Kier molecular flexibility index (Phi) is 5.32. The molecule has 0 unspecified atom stereocenters. The van der Waals surface area contributed by atoms with Crippen molar-refractivity contribution in [1.82, 2.24) is 14.8 Å². The van der Waals surface area contributed by atoms with Crippen molar-refractivity contribution < 1.29 is 23.9 Å². The van der Waals surface area contributed by atoms with Crippen LogP contribution in [0.25, 0.3) is 0 Å². The Bertz CT molecular complexity index is 835. The van der Waals surface area contributed by atoms with Gasteiger partial charge in [-0.1, -0.05) is 19.3 Å². The molecule has 1 saturated heterocycles. The molecule has 0 bridgehead atoms. The fraction of sp³-hybridized carbons (Fsp3) is 0.600. The number of rotatable bonds is 5. The third-order valence-electron chi connectivity index (χ3n) is 5.92. The lowest BCUT2D eigenvalue weighted by molar-refractivity contribution is -0.134. The van der Waals surface area contributed by atoms with Gasteiger partial charge in [0.05, 0.1) is 24.3 Å². The van der Waals surface area contributed by atoms with Gasteiger partial charge in [-0.3, -0.25) is 14.5 Å². The average Bonchev–Trinajstić information content (AvgIpc) is 3.05. The number of nitrogens with zero attached hydrogens (tertiary/aromatic N) is 2. The Labute approximate surface area is 164 Å². The number of hydrogen-bond acceptors (Lipinski definition) is 5. The molecule has 152 valence electrons. The van der Waals surface area contributed by atoms with Crippen LogP contribution in [-0.4, -0.2) is 64.2 Å². The molecule has 1 aliphatic carbocycles. The minimum Gasteiger partial charge on any atom is -0.462 e. The highest BCUT2D eigenvalue weighted by atomic mass is 16.5. The van der Waals surface area contributed by atoms with Gasteiger partial charge in [-0.25, -0.2) is 9.59 Å². The first-order valence-electron chi connectivity index (χ1n) is 9.73. The summed E-state index contributed by atoms with van der Waals surface area (Å²) in [5.74, 6) is -1.35. The number of aryl methyl sites for hydroxylation is 2. The number of urea groups is 1. The first-order valence-corrected chi connectivity index (χ1v) is 9.73. The zero-order valence-electron chi connectivity index (χ0n) is 16.9. The largest absolute Gasteiger partial charge is 0.462 e. The SMILES string of the molecule is CCOC(=O)c1c(C)[nH]c(C)c1C(=O)CN1C(=O)N(C)C2(CCCCC2)C1=O. The number of ether oxygens (including phenoxy) is 1. The third kappa shape index (κ3) is 3.00. The van der Waals surface area contributed by atoms with E-state index >= 15 is 0 Å². The molecule has 8 nitrogen and oxygen atoms in total. The standard InChI is InChI=1S/C20H27N3O5/c1-5-28-17(25)16-13(3)21-12(2)15(16)14(24)11-23-18(26)20(22(4)19(23)27)9-7-6-8-10-20/h21H,5-11H2,1-4H3. The first kappa shape index (κ1) is 20.1. The lowest BCUT2D eigenvalue weighted by Gasteiger charge is -2.35. The van der Waals surface area contributed by atoms with E-state index in [4.69, 9.17) is 4.74 Å². The van der Waals surface area contributed by atoms with Crippen LogP contribution in [-0.2, 0) is 9.53 Å². The molecular weight excluding hydrogens is 362 g/mol. The minimum atomic E-state index is -0.831. The summed E-state index contributed by atoms with van der Waals surface area (Å²) in [6.45, 7) is 4.87. The van der Waals surface area contributed by atoms with Crippen molar-refractivity contribution in [1.29, 1.82) is 0 Å². The highest BCUT2D eigenvalue weighted by Crippen LogP contribution is 2.39. The molecule has 3 rings (SSSR count). The molecule has 0 radical (unpaired) electrons. The first-order chi connectivity index (χ1) is 13.2. The Balaban J connectivity index is 1.89. The molecule has 28 heavy (non-hydrogen) atoms. The fourth-order valence-corrected chi connectivity index (χ4v) is 4.48. The number of likely N-dealkylation sites (N-methyl/N-ethyl adjacent to an activating group) is 1. The Morgan fingerprint density at radius 2 is 1.68 bits per heavy atom. The summed E-state index contributed by atoms with van der Waals surface area (Å²) in [7, 11) is 1.63. The Morgan fingerprint density at radius 1 is 1.07 bits per heavy atom. The van der Waals surface area contributed by atoms with Crippen molar-refractivity contribution in [3.05, 3.63) is 22.5 Å². The zero-order chi connectivity index (χ0) is 20.6. The summed E-state index contributed by atoms with van der Waals surface area (Å²) < 4.78 is 5.07. The summed E-state index contributed by atoms with van der Waals surface area (Å²) >= 11 is 0. The van der Waals surface area contributed by atoms with Crippen molar-refractivity contribution in [3.8, 4) is 0 Å². The fourth-order valence-electron chi connectivity index (χ4n) is 4.48. The van der Waals surface area contributed by atoms with Crippen LogP contribution < -0.4 is 0 Å². The summed E-state index contributed by atoms with van der Waals surface area (Å²) in [6.07, 6.45) is 4.05. The van der Waals surface area contributed by atoms with Gasteiger partial charge in [-0.2, -0.15) is 0 Å². The monoisotopic (exact) mass is 389 g/mol. The van der Waals surface area contributed by atoms with Crippen LogP contribution in [0.5, 0.6) is 0 Å². The lowest BCUT2D eigenvalue weighted by Crippen LogP contribution is -2.49. The van der Waals surface area contributed by atoms with Crippen molar-refractivity contribution in [2.45, 2.75) is 58.4 Å². The van der Waals surface area contributed by atoms with Crippen LogP contribution in [0.1, 0.15) is 71.1 Å². The van der Waals surface area contributed by atoms with Gasteiger partial charge in [-0.15, -0.1) is 0 Å². The summed E-state index contributed by atoms with van der Waals surface area (Å²) in [5, 5.41) is 0. The smallest absolute Gasteiger partial charge is 0.340 e. The maximum Gasteiger partial charge on any atom is 0.340 e. The predicted octanol–water partition coefficient (Wildman–Crippen LogP) is 2.59. The van der Waals surface area contributed by atoms with Gasteiger partial charge in [0.2, 0.25) is 0 Å². The molecule has 2 heterocycles. The number of nitrogens with one attached hydrogen (secondary N) is 1. The van der Waals surface area contributed by atoms with E-state index in [1.54, 1.807) is 27.8 Å². The number of aromatic amines is 1. The quantitative estimate of drug-likeness (QED) is 0.474. The maximum atomic E-state index is 13.1. The number of amides is 3. The number of imide groups is 1. The van der Waals surface area contributed by atoms with Crippen LogP contribution >= 0.6 is 0 Å². The maximum absolute atomic E-state index is 13.1. The van der Waals surface area contributed by atoms with Crippen molar-refractivity contribution in [3.63, 3.8) is 0 Å². The van der Waals surface area contributed by atoms with Gasteiger partial charge >= 0.3 is 12.0 Å². The van der Waals surface area contributed by atoms with Crippen LogP contribution in [0.3, 0.4) is 0 Å². The molecule has 1 aliphatic heterocycles. The molecule has 2 aliphatic rings. The van der Waals surface area contributed by atoms with Crippen molar-refractivity contribution in [2.24, 2.45) is 0 Å². The molecule has 8 heteroatoms. The van der Waals surface area contributed by atoms with Gasteiger partial charge in [0.1, 0.15) is 5.54 Å². The molecule has 0 aromatic carbocycles. The normalized spacial score (nSPS) is 18.9. The predicted molar refractivity (Wildman–Crippen MR) is 101 cm³/mol. The van der Waals surface area contributed by atoms with Crippen LogP contribution in [0, 0.1) is 13.8 Å². The average molecular weight is 389 g/mol. The molecule has 1 N–H and O–H groups in total. The van der Waals surface area contributed by atoms with Crippen LogP contribution in [0.4, 0.5) is 4.79 Å². The second-order valence-electron chi connectivity index (χ2n) is 7.59. The molecule has 3 amide bonds. The number of esters is 1. The summed E-state index contributed by atoms with van der Waals surface area (Å²) in [4.78, 5) is 56.7. The van der Waals surface area contributed by atoms with E-state index in [-0.39, 0.29) is 30.2 Å². The van der Waals surface area contributed by atoms with Gasteiger partial charge in [0.15, 0.2) is 5.78 Å². The third-order valence-corrected chi connectivity index (χ3v) is 5.92. The van der Waals surface area contributed by atoms with E-state index in [9.17, 15) is 19.2 Å². The Morgan fingerprint density at radius 3 is 2.29 bits per heavy atom. The molecule has 2 fully saturated rings. The van der Waals surface area contributed by atoms with E-state index in [1.165, 1.54) is 4.90 Å². The molecule has 1 saturated carbocycles. The highest BCUT2D eigenvalue weighted by Gasteiger charge is 2.55. The zero-order valence-corrected chi connectivity index (χ0v) is 16.9. The van der Waals surface area contributed by atoms with Gasteiger partial charge in [0, 0.05) is 18.4 Å². The van der Waals surface area contributed by atoms with Crippen molar-refractivity contribution in [2.75, 3.05) is 20.2 Å².